The predicted molar refractivity (Wildman–Crippen MR) is 78.1 cm³/mol. The molecule has 0 unspecified atom stereocenters. The van der Waals surface area contributed by atoms with Crippen LogP contribution in [0.1, 0.15) is 38.6 Å². The first-order valence-electron chi connectivity index (χ1n) is 6.44. The zero-order chi connectivity index (χ0) is 14.0. The average molecular weight is 277 g/mol. The molecule has 1 aromatic heterocycles. The van der Waals surface area contributed by atoms with Gasteiger partial charge in [0.2, 0.25) is 5.13 Å². The molecule has 0 bridgehead atoms. The Kier molecular flexibility index (Phi) is 4.14. The van der Waals surface area contributed by atoms with E-state index >= 15 is 0 Å². The molecule has 19 heavy (non-hydrogen) atoms. The summed E-state index contributed by atoms with van der Waals surface area (Å²) in [5.74, 6) is 0.548. The smallest absolute Gasteiger partial charge is 0.253 e. The molecular weight excluding hydrogens is 258 g/mol. The highest BCUT2D eigenvalue weighted by molar-refractivity contribution is 7.15. The van der Waals surface area contributed by atoms with Crippen LogP contribution in [0.3, 0.4) is 0 Å². The highest BCUT2D eigenvalue weighted by atomic mass is 32.1. The fourth-order valence-corrected chi connectivity index (χ4v) is 2.49. The molecular formula is C14H19N3OS. The SMILES string of the molecule is CC(C)=C(/C=C(\C)C(=O)Nc1nnc(C)s1)C1CC1. The highest BCUT2D eigenvalue weighted by Gasteiger charge is 2.25. The van der Waals surface area contributed by atoms with Crippen LogP contribution in [0.25, 0.3) is 0 Å². The number of aromatic nitrogens is 2. The van der Waals surface area contributed by atoms with E-state index in [1.54, 1.807) is 0 Å². The van der Waals surface area contributed by atoms with Gasteiger partial charge in [-0.3, -0.25) is 10.1 Å². The first kappa shape index (κ1) is 13.9. The molecule has 5 heteroatoms. The minimum absolute atomic E-state index is 0.101. The van der Waals surface area contributed by atoms with Gasteiger partial charge in [0.25, 0.3) is 5.91 Å². The van der Waals surface area contributed by atoms with Gasteiger partial charge in [0.1, 0.15) is 5.01 Å². The first-order valence-corrected chi connectivity index (χ1v) is 7.26. The third-order valence-electron chi connectivity index (χ3n) is 3.07. The molecule has 0 atom stereocenters. The Morgan fingerprint density at radius 2 is 2.00 bits per heavy atom. The summed E-state index contributed by atoms with van der Waals surface area (Å²) < 4.78 is 0. The van der Waals surface area contributed by atoms with Crippen molar-refractivity contribution in [3.8, 4) is 0 Å². The summed E-state index contributed by atoms with van der Waals surface area (Å²) in [5.41, 5.74) is 3.32. The lowest BCUT2D eigenvalue weighted by molar-refractivity contribution is -0.112. The van der Waals surface area contributed by atoms with Gasteiger partial charge >= 0.3 is 0 Å². The molecule has 1 saturated carbocycles. The minimum atomic E-state index is -0.101. The standard InChI is InChI=1S/C14H19N3OS/c1-8(2)12(11-5-6-11)7-9(3)13(18)15-14-17-16-10(4)19-14/h7,11H,5-6H2,1-4H3,(H,15,17,18)/b9-7+. The maximum Gasteiger partial charge on any atom is 0.253 e. The van der Waals surface area contributed by atoms with Gasteiger partial charge in [-0.1, -0.05) is 23.0 Å². The molecule has 0 saturated heterocycles. The number of hydrogen-bond acceptors (Lipinski definition) is 4. The Bertz CT molecular complexity index is 549. The molecule has 4 nitrogen and oxygen atoms in total. The van der Waals surface area contributed by atoms with E-state index in [-0.39, 0.29) is 5.91 Å². The first-order chi connectivity index (χ1) is 8.97. The lowest BCUT2D eigenvalue weighted by Crippen LogP contribution is -2.12. The van der Waals surface area contributed by atoms with E-state index in [0.717, 1.165) is 10.6 Å². The Hall–Kier alpha value is -1.49. The summed E-state index contributed by atoms with van der Waals surface area (Å²) in [6.45, 7) is 7.91. The number of rotatable bonds is 4. The van der Waals surface area contributed by atoms with Crippen molar-refractivity contribution in [3.05, 3.63) is 27.8 Å². The number of nitrogens with one attached hydrogen (secondary N) is 1. The van der Waals surface area contributed by atoms with Crippen LogP contribution in [0.4, 0.5) is 5.13 Å². The van der Waals surface area contributed by atoms with Gasteiger partial charge < -0.3 is 0 Å². The van der Waals surface area contributed by atoms with E-state index in [2.05, 4.69) is 29.4 Å². The van der Waals surface area contributed by atoms with Gasteiger partial charge in [-0.2, -0.15) is 0 Å². The van der Waals surface area contributed by atoms with Crippen LogP contribution in [0.2, 0.25) is 0 Å². The van der Waals surface area contributed by atoms with Crippen molar-refractivity contribution in [2.75, 3.05) is 5.32 Å². The van der Waals surface area contributed by atoms with Crippen LogP contribution in [-0.2, 0) is 4.79 Å². The summed E-state index contributed by atoms with van der Waals surface area (Å²) in [5, 5.41) is 12.0. The van der Waals surface area contributed by atoms with Gasteiger partial charge in [-0.25, -0.2) is 0 Å². The van der Waals surface area contributed by atoms with Crippen LogP contribution >= 0.6 is 11.3 Å². The second-order valence-corrected chi connectivity index (χ2v) is 6.32. The molecule has 2 rings (SSSR count). The summed E-state index contributed by atoms with van der Waals surface area (Å²) in [6, 6.07) is 0. The second-order valence-electron chi connectivity index (χ2n) is 5.14. The van der Waals surface area contributed by atoms with Crippen molar-refractivity contribution < 1.29 is 4.79 Å². The Morgan fingerprint density at radius 1 is 1.32 bits per heavy atom. The van der Waals surface area contributed by atoms with Crippen LogP contribution in [0.5, 0.6) is 0 Å². The van der Waals surface area contributed by atoms with Crippen molar-refractivity contribution in [1.82, 2.24) is 10.2 Å². The molecule has 0 aromatic carbocycles. The van der Waals surface area contributed by atoms with Crippen LogP contribution in [0, 0.1) is 12.8 Å². The van der Waals surface area contributed by atoms with Crippen LogP contribution in [0.15, 0.2) is 22.8 Å². The molecule has 0 aliphatic heterocycles. The van der Waals surface area contributed by atoms with Gasteiger partial charge in [0, 0.05) is 5.57 Å². The maximum absolute atomic E-state index is 12.1. The van der Waals surface area contributed by atoms with E-state index in [1.165, 1.54) is 35.3 Å². The number of hydrogen-bond donors (Lipinski definition) is 1. The van der Waals surface area contributed by atoms with Crippen molar-refractivity contribution in [1.29, 1.82) is 0 Å². The monoisotopic (exact) mass is 277 g/mol. The van der Waals surface area contributed by atoms with Crippen molar-refractivity contribution in [2.45, 2.75) is 40.5 Å². The van der Waals surface area contributed by atoms with Gasteiger partial charge in [-0.15, -0.1) is 10.2 Å². The normalized spacial score (nSPS) is 15.3. The molecule has 1 heterocycles. The van der Waals surface area contributed by atoms with Gasteiger partial charge in [0.15, 0.2) is 0 Å². The fraction of sp³-hybridized carbons (Fsp3) is 0.500. The van der Waals surface area contributed by atoms with Gasteiger partial charge in [0.05, 0.1) is 0 Å². The maximum atomic E-state index is 12.1. The minimum Gasteiger partial charge on any atom is -0.297 e. The summed E-state index contributed by atoms with van der Waals surface area (Å²) in [6.07, 6.45) is 4.49. The topological polar surface area (TPSA) is 54.9 Å². The molecule has 0 radical (unpaired) electrons. The summed E-state index contributed by atoms with van der Waals surface area (Å²) in [4.78, 5) is 12.1. The molecule has 1 aromatic rings. The number of carbonyl (C=O) groups excluding carboxylic acids is 1. The zero-order valence-electron chi connectivity index (χ0n) is 11.8. The molecule has 1 amide bonds. The lowest BCUT2D eigenvalue weighted by Gasteiger charge is -2.06. The molecule has 1 aliphatic rings. The lowest BCUT2D eigenvalue weighted by atomic mass is 10.0. The van der Waals surface area contributed by atoms with E-state index < -0.39 is 0 Å². The van der Waals surface area contributed by atoms with Crippen molar-refractivity contribution >= 4 is 22.4 Å². The van der Waals surface area contributed by atoms with E-state index in [0.29, 0.717) is 11.0 Å². The van der Waals surface area contributed by atoms with E-state index in [1.807, 2.05) is 19.9 Å². The number of allylic oxidation sites excluding steroid dienone is 3. The highest BCUT2D eigenvalue weighted by Crippen LogP contribution is 2.39. The largest absolute Gasteiger partial charge is 0.297 e. The predicted octanol–water partition coefficient (Wildman–Crippen LogP) is 3.48. The number of amides is 1. The third kappa shape index (κ3) is 3.73. The van der Waals surface area contributed by atoms with E-state index in [4.69, 9.17) is 0 Å². The second kappa shape index (κ2) is 5.65. The van der Waals surface area contributed by atoms with Crippen LogP contribution in [-0.4, -0.2) is 16.1 Å². The molecule has 1 fully saturated rings. The Balaban J connectivity index is 2.08. The van der Waals surface area contributed by atoms with E-state index in [9.17, 15) is 4.79 Å². The van der Waals surface area contributed by atoms with Crippen molar-refractivity contribution in [3.63, 3.8) is 0 Å². The molecule has 1 N–H and O–H groups in total. The fourth-order valence-electron chi connectivity index (χ4n) is 1.91. The number of anilines is 1. The number of carbonyl (C=O) groups is 1. The van der Waals surface area contributed by atoms with Crippen molar-refractivity contribution in [2.24, 2.45) is 5.92 Å². The molecule has 0 spiro atoms. The Labute approximate surface area is 117 Å². The zero-order valence-corrected chi connectivity index (χ0v) is 12.6. The summed E-state index contributed by atoms with van der Waals surface area (Å²) in [7, 11) is 0. The van der Waals surface area contributed by atoms with Gasteiger partial charge in [-0.05, 0) is 52.0 Å². The van der Waals surface area contributed by atoms with Crippen LogP contribution < -0.4 is 5.32 Å². The third-order valence-corrected chi connectivity index (χ3v) is 3.83. The number of aryl methyl sites for hydroxylation is 1. The molecule has 102 valence electrons. The Morgan fingerprint density at radius 3 is 2.47 bits per heavy atom. The average Bonchev–Trinajstić information content (AvgIpc) is 3.09. The number of nitrogens with zero attached hydrogens (tertiary/aromatic N) is 2. The molecule has 1 aliphatic carbocycles. The quantitative estimate of drug-likeness (QED) is 0.677. The summed E-state index contributed by atoms with van der Waals surface area (Å²) >= 11 is 1.38.